The Morgan fingerprint density at radius 1 is 1.11 bits per heavy atom. The smallest absolute Gasteiger partial charge is 0.151 e. The summed E-state index contributed by atoms with van der Waals surface area (Å²) >= 11 is 7.55. The fourth-order valence-electron chi connectivity index (χ4n) is 2.06. The average Bonchev–Trinajstić information content (AvgIpc) is 2.36. The van der Waals surface area contributed by atoms with Crippen molar-refractivity contribution in [3.8, 4) is 0 Å². The van der Waals surface area contributed by atoms with Gasteiger partial charge in [-0.1, -0.05) is 40.9 Å². The minimum Gasteiger partial charge on any atom is -0.298 e. The van der Waals surface area contributed by atoms with Crippen molar-refractivity contribution in [1.29, 1.82) is 0 Å². The molecule has 3 heteroatoms. The summed E-state index contributed by atoms with van der Waals surface area (Å²) in [6.45, 7) is 4.20. The van der Waals surface area contributed by atoms with E-state index < -0.39 is 0 Å². The van der Waals surface area contributed by atoms with Crippen LogP contribution in [-0.4, -0.2) is 6.29 Å². The monoisotopic (exact) mass is 290 g/mol. The molecule has 0 aromatic heterocycles. The summed E-state index contributed by atoms with van der Waals surface area (Å²) < 4.78 is 0. The predicted molar refractivity (Wildman–Crippen MR) is 82.3 cm³/mol. The van der Waals surface area contributed by atoms with E-state index in [1.54, 1.807) is 17.8 Å². The van der Waals surface area contributed by atoms with E-state index in [1.165, 1.54) is 16.7 Å². The molecule has 0 atom stereocenters. The first kappa shape index (κ1) is 14.2. The summed E-state index contributed by atoms with van der Waals surface area (Å²) in [5.41, 5.74) is 4.46. The number of hydrogen-bond donors (Lipinski definition) is 0. The van der Waals surface area contributed by atoms with Crippen molar-refractivity contribution in [2.24, 2.45) is 0 Å². The Morgan fingerprint density at radius 2 is 1.79 bits per heavy atom. The second-order valence-corrected chi connectivity index (χ2v) is 6.04. The Labute approximate surface area is 123 Å². The van der Waals surface area contributed by atoms with Crippen LogP contribution in [0.15, 0.2) is 41.3 Å². The van der Waals surface area contributed by atoms with Crippen LogP contribution in [0.5, 0.6) is 0 Å². The molecular formula is C16H15ClOS. The Kier molecular flexibility index (Phi) is 4.67. The van der Waals surface area contributed by atoms with Gasteiger partial charge in [-0.05, 0) is 37.6 Å². The number of aryl methyl sites for hydroxylation is 2. The first-order chi connectivity index (χ1) is 9.08. The summed E-state index contributed by atoms with van der Waals surface area (Å²) in [7, 11) is 0. The number of hydrogen-bond acceptors (Lipinski definition) is 2. The highest BCUT2D eigenvalue weighted by Gasteiger charge is 2.04. The minimum absolute atomic E-state index is 0.595. The van der Waals surface area contributed by atoms with Crippen molar-refractivity contribution in [2.75, 3.05) is 0 Å². The maximum atomic E-state index is 11.0. The Bertz CT molecular complexity index is 587. The third-order valence-corrected chi connectivity index (χ3v) is 4.17. The number of thioether (sulfide) groups is 1. The molecule has 0 unspecified atom stereocenters. The van der Waals surface area contributed by atoms with E-state index in [-0.39, 0.29) is 0 Å². The van der Waals surface area contributed by atoms with Gasteiger partial charge in [-0.2, -0.15) is 0 Å². The molecule has 0 aliphatic rings. The van der Waals surface area contributed by atoms with Gasteiger partial charge in [0.15, 0.2) is 6.29 Å². The van der Waals surface area contributed by atoms with Crippen molar-refractivity contribution in [1.82, 2.24) is 0 Å². The van der Waals surface area contributed by atoms with Crippen molar-refractivity contribution >= 4 is 29.6 Å². The number of carbonyl (C=O) groups excluding carboxylic acids is 1. The topological polar surface area (TPSA) is 17.1 Å². The maximum Gasteiger partial charge on any atom is 0.151 e. The van der Waals surface area contributed by atoms with Crippen LogP contribution in [0.25, 0.3) is 0 Å². The molecule has 1 nitrogen and oxygen atoms in total. The standard InChI is InChI=1S/C16H15ClOS/c1-11-5-12(2)7-13(6-11)10-19-16-4-3-15(17)8-14(16)9-18/h3-9H,10H2,1-2H3. The van der Waals surface area contributed by atoms with Gasteiger partial charge in [0.05, 0.1) is 0 Å². The summed E-state index contributed by atoms with van der Waals surface area (Å²) in [4.78, 5) is 12.0. The molecule has 0 aliphatic heterocycles. The van der Waals surface area contributed by atoms with Crippen molar-refractivity contribution in [3.05, 3.63) is 63.7 Å². The van der Waals surface area contributed by atoms with Gasteiger partial charge in [-0.3, -0.25) is 4.79 Å². The van der Waals surface area contributed by atoms with E-state index in [9.17, 15) is 4.79 Å². The second kappa shape index (κ2) is 6.27. The van der Waals surface area contributed by atoms with Crippen LogP contribution in [0.2, 0.25) is 5.02 Å². The van der Waals surface area contributed by atoms with Gasteiger partial charge in [0, 0.05) is 21.2 Å². The lowest BCUT2D eigenvalue weighted by molar-refractivity contribution is 0.112. The lowest BCUT2D eigenvalue weighted by atomic mass is 10.1. The third-order valence-electron chi connectivity index (χ3n) is 2.77. The fraction of sp³-hybridized carbons (Fsp3) is 0.188. The molecule has 0 saturated carbocycles. The van der Waals surface area contributed by atoms with Gasteiger partial charge in [0.25, 0.3) is 0 Å². The highest BCUT2D eigenvalue weighted by Crippen LogP contribution is 2.28. The number of halogens is 1. The molecule has 0 fully saturated rings. The van der Waals surface area contributed by atoms with Crippen LogP contribution in [0.3, 0.4) is 0 Å². The first-order valence-electron chi connectivity index (χ1n) is 6.03. The minimum atomic E-state index is 0.595. The number of aldehydes is 1. The Hall–Kier alpha value is -1.25. The molecule has 2 aromatic carbocycles. The maximum absolute atomic E-state index is 11.0. The van der Waals surface area contributed by atoms with E-state index in [0.29, 0.717) is 10.6 Å². The highest BCUT2D eigenvalue weighted by molar-refractivity contribution is 7.98. The van der Waals surface area contributed by atoms with Gasteiger partial charge in [0.2, 0.25) is 0 Å². The number of rotatable bonds is 4. The summed E-state index contributed by atoms with van der Waals surface area (Å²) in [5.74, 6) is 0.852. The molecule has 0 spiro atoms. The van der Waals surface area contributed by atoms with Gasteiger partial charge >= 0.3 is 0 Å². The van der Waals surface area contributed by atoms with Crippen LogP contribution in [-0.2, 0) is 5.75 Å². The third kappa shape index (κ3) is 3.85. The SMILES string of the molecule is Cc1cc(C)cc(CSc2ccc(Cl)cc2C=O)c1. The second-order valence-electron chi connectivity index (χ2n) is 4.58. The molecule has 0 radical (unpaired) electrons. The molecule has 0 amide bonds. The highest BCUT2D eigenvalue weighted by atomic mass is 35.5. The average molecular weight is 291 g/mol. The van der Waals surface area contributed by atoms with E-state index >= 15 is 0 Å². The number of benzene rings is 2. The van der Waals surface area contributed by atoms with Crippen molar-refractivity contribution in [3.63, 3.8) is 0 Å². The normalized spacial score (nSPS) is 10.5. The van der Waals surface area contributed by atoms with Gasteiger partial charge in [-0.15, -0.1) is 11.8 Å². The zero-order chi connectivity index (χ0) is 13.8. The molecule has 19 heavy (non-hydrogen) atoms. The summed E-state index contributed by atoms with van der Waals surface area (Å²) in [6.07, 6.45) is 0.857. The lowest BCUT2D eigenvalue weighted by Gasteiger charge is -2.07. The summed E-state index contributed by atoms with van der Waals surface area (Å²) in [5, 5.41) is 0.595. The summed E-state index contributed by atoms with van der Waals surface area (Å²) in [6, 6.07) is 11.9. The molecule has 0 heterocycles. The van der Waals surface area contributed by atoms with Gasteiger partial charge in [0.1, 0.15) is 0 Å². The van der Waals surface area contributed by atoms with Gasteiger partial charge in [-0.25, -0.2) is 0 Å². The van der Waals surface area contributed by atoms with Crippen LogP contribution < -0.4 is 0 Å². The Morgan fingerprint density at radius 3 is 2.42 bits per heavy atom. The van der Waals surface area contributed by atoms with E-state index in [2.05, 4.69) is 32.0 Å². The van der Waals surface area contributed by atoms with Crippen molar-refractivity contribution < 1.29 is 4.79 Å². The predicted octanol–water partition coefficient (Wildman–Crippen LogP) is 5.06. The zero-order valence-corrected chi connectivity index (χ0v) is 12.5. The molecule has 0 N–H and O–H groups in total. The van der Waals surface area contributed by atoms with Crippen LogP contribution in [0, 0.1) is 13.8 Å². The van der Waals surface area contributed by atoms with Crippen LogP contribution in [0.4, 0.5) is 0 Å². The fourth-order valence-corrected chi connectivity index (χ4v) is 3.16. The molecule has 0 saturated heterocycles. The molecule has 0 bridgehead atoms. The Balaban J connectivity index is 2.16. The molecular weight excluding hydrogens is 276 g/mol. The quantitative estimate of drug-likeness (QED) is 0.578. The van der Waals surface area contributed by atoms with Crippen LogP contribution >= 0.6 is 23.4 Å². The van der Waals surface area contributed by atoms with E-state index in [1.807, 2.05) is 12.1 Å². The molecule has 0 aliphatic carbocycles. The number of carbonyl (C=O) groups is 1. The lowest BCUT2D eigenvalue weighted by Crippen LogP contribution is -1.88. The van der Waals surface area contributed by atoms with E-state index in [0.717, 1.165) is 16.9 Å². The largest absolute Gasteiger partial charge is 0.298 e. The first-order valence-corrected chi connectivity index (χ1v) is 7.39. The molecule has 2 aromatic rings. The molecule has 2 rings (SSSR count). The van der Waals surface area contributed by atoms with Gasteiger partial charge < -0.3 is 0 Å². The molecule has 98 valence electrons. The van der Waals surface area contributed by atoms with Crippen molar-refractivity contribution in [2.45, 2.75) is 24.5 Å². The van der Waals surface area contributed by atoms with Crippen LogP contribution in [0.1, 0.15) is 27.0 Å². The zero-order valence-electron chi connectivity index (χ0n) is 10.9. The van der Waals surface area contributed by atoms with E-state index in [4.69, 9.17) is 11.6 Å².